The van der Waals surface area contributed by atoms with E-state index < -0.39 is 0 Å². The number of halogens is 2. The zero-order valence-corrected chi connectivity index (χ0v) is 21.7. The smallest absolute Gasteiger partial charge is 0.224 e. The van der Waals surface area contributed by atoms with E-state index in [0.29, 0.717) is 12.6 Å². The number of rotatable bonds is 7. The number of fused-ring (bicyclic) bond motifs is 2. The number of nitrogens with one attached hydrogen (secondary N) is 1. The predicted molar refractivity (Wildman–Crippen MR) is 147 cm³/mol. The van der Waals surface area contributed by atoms with E-state index in [0.717, 1.165) is 43.4 Å². The predicted octanol–water partition coefficient (Wildman–Crippen LogP) is 7.76. The van der Waals surface area contributed by atoms with Crippen LogP contribution in [0.4, 0.5) is 5.95 Å². The molecule has 5 rings (SSSR count). The summed E-state index contributed by atoms with van der Waals surface area (Å²) in [6, 6.07) is 26.6. The number of hydrazone groups is 1. The Bertz CT molecular complexity index is 1480. The molecule has 34 heavy (non-hydrogen) atoms. The number of aryl methyl sites for hydroxylation is 1. The number of imidazole rings is 1. The molecule has 0 unspecified atom stereocenters. The summed E-state index contributed by atoms with van der Waals surface area (Å²) in [5.41, 5.74) is 7.17. The Kier molecular flexibility index (Phi) is 6.65. The van der Waals surface area contributed by atoms with Gasteiger partial charge in [-0.05, 0) is 84.9 Å². The molecule has 5 aromatic rings. The zero-order valence-electron chi connectivity index (χ0n) is 18.5. The van der Waals surface area contributed by atoms with Crippen LogP contribution in [-0.4, -0.2) is 15.8 Å². The molecule has 0 atom stereocenters. The summed E-state index contributed by atoms with van der Waals surface area (Å²) in [6.45, 7) is 3.37. The summed E-state index contributed by atoms with van der Waals surface area (Å²) in [5.74, 6) is 1.47. The van der Waals surface area contributed by atoms with Gasteiger partial charge >= 0.3 is 0 Å². The van der Waals surface area contributed by atoms with Crippen molar-refractivity contribution in [3.05, 3.63) is 98.9 Å². The number of para-hydroxylation sites is 2. The van der Waals surface area contributed by atoms with Gasteiger partial charge in [0.05, 0.1) is 26.2 Å². The lowest BCUT2D eigenvalue weighted by molar-refractivity contribution is 0.303. The van der Waals surface area contributed by atoms with Crippen LogP contribution in [0.1, 0.15) is 18.1 Å². The van der Waals surface area contributed by atoms with Gasteiger partial charge in [-0.15, -0.1) is 0 Å². The number of anilines is 1. The molecule has 0 aliphatic rings. The Morgan fingerprint density at radius 2 is 1.71 bits per heavy atom. The van der Waals surface area contributed by atoms with Gasteiger partial charge in [0.1, 0.15) is 12.4 Å². The molecule has 0 saturated heterocycles. The molecule has 0 saturated carbocycles. The van der Waals surface area contributed by atoms with Crippen molar-refractivity contribution < 1.29 is 4.74 Å². The lowest BCUT2D eigenvalue weighted by Crippen LogP contribution is -2.02. The maximum atomic E-state index is 6.19. The van der Waals surface area contributed by atoms with Crippen molar-refractivity contribution in [2.75, 3.05) is 5.43 Å². The van der Waals surface area contributed by atoms with Crippen LogP contribution in [0.15, 0.2) is 92.9 Å². The molecular weight excluding hydrogens is 556 g/mol. The normalized spacial score (nSPS) is 11.5. The molecule has 1 N–H and O–H groups in total. The van der Waals surface area contributed by atoms with Gasteiger partial charge in [-0.1, -0.05) is 54.6 Å². The van der Waals surface area contributed by atoms with Gasteiger partial charge in [-0.25, -0.2) is 10.4 Å². The van der Waals surface area contributed by atoms with Crippen LogP contribution in [0.25, 0.3) is 21.8 Å². The Hall–Kier alpha value is -3.16. The number of hydrogen-bond acceptors (Lipinski definition) is 4. The fourth-order valence-electron chi connectivity index (χ4n) is 4.01. The van der Waals surface area contributed by atoms with Gasteiger partial charge < -0.3 is 9.30 Å². The molecule has 0 radical (unpaired) electrons. The van der Waals surface area contributed by atoms with E-state index >= 15 is 0 Å². The third-order valence-electron chi connectivity index (χ3n) is 5.62. The molecule has 0 aliphatic heterocycles. The van der Waals surface area contributed by atoms with Crippen molar-refractivity contribution in [2.24, 2.45) is 5.10 Å². The molecule has 0 spiro atoms. The van der Waals surface area contributed by atoms with Gasteiger partial charge in [-0.3, -0.25) is 0 Å². The number of benzene rings is 4. The highest BCUT2D eigenvalue weighted by Crippen LogP contribution is 2.35. The van der Waals surface area contributed by atoms with E-state index in [2.05, 4.69) is 101 Å². The first-order valence-electron chi connectivity index (χ1n) is 11.0. The number of ether oxygens (including phenoxy) is 1. The van der Waals surface area contributed by atoms with Crippen LogP contribution in [0.2, 0.25) is 0 Å². The monoisotopic (exact) mass is 576 g/mol. The maximum absolute atomic E-state index is 6.19. The van der Waals surface area contributed by atoms with Crippen molar-refractivity contribution >= 4 is 65.8 Å². The molecule has 1 aromatic heterocycles. The lowest BCUT2D eigenvalue weighted by atomic mass is 10.1. The van der Waals surface area contributed by atoms with Crippen molar-refractivity contribution in [3.8, 4) is 5.75 Å². The lowest BCUT2D eigenvalue weighted by Gasteiger charge is -2.13. The van der Waals surface area contributed by atoms with Gasteiger partial charge in [0.15, 0.2) is 0 Å². The highest BCUT2D eigenvalue weighted by Gasteiger charge is 2.11. The Labute approximate surface area is 214 Å². The molecular formula is C27H22Br2N4O. The first kappa shape index (κ1) is 22.6. The Morgan fingerprint density at radius 3 is 2.53 bits per heavy atom. The summed E-state index contributed by atoms with van der Waals surface area (Å²) in [5, 5.41) is 6.82. The molecule has 5 nitrogen and oxygen atoms in total. The van der Waals surface area contributed by atoms with Crippen LogP contribution >= 0.6 is 31.9 Å². The van der Waals surface area contributed by atoms with E-state index in [1.165, 1.54) is 10.8 Å². The first-order valence-corrected chi connectivity index (χ1v) is 12.6. The van der Waals surface area contributed by atoms with E-state index in [4.69, 9.17) is 4.74 Å². The second-order valence-electron chi connectivity index (χ2n) is 7.78. The second-order valence-corrected chi connectivity index (χ2v) is 9.49. The van der Waals surface area contributed by atoms with Gasteiger partial charge in [0.2, 0.25) is 5.95 Å². The van der Waals surface area contributed by atoms with E-state index in [1.807, 2.05) is 36.4 Å². The number of aromatic nitrogens is 2. The average molecular weight is 578 g/mol. The summed E-state index contributed by atoms with van der Waals surface area (Å²) >= 11 is 7.30. The van der Waals surface area contributed by atoms with Crippen molar-refractivity contribution in [3.63, 3.8) is 0 Å². The molecule has 0 aliphatic carbocycles. The van der Waals surface area contributed by atoms with Gasteiger partial charge in [0.25, 0.3) is 0 Å². The van der Waals surface area contributed by atoms with E-state index in [1.54, 1.807) is 6.21 Å². The average Bonchev–Trinajstić information content (AvgIpc) is 3.21. The highest BCUT2D eigenvalue weighted by molar-refractivity contribution is 9.11. The Balaban J connectivity index is 1.32. The fraction of sp³-hybridized carbons (Fsp3) is 0.111. The fourth-order valence-corrected chi connectivity index (χ4v) is 5.46. The number of hydrogen-bond donors (Lipinski definition) is 1. The molecule has 4 aromatic carbocycles. The molecule has 170 valence electrons. The second kappa shape index (κ2) is 9.99. The summed E-state index contributed by atoms with van der Waals surface area (Å²) < 4.78 is 9.99. The third kappa shape index (κ3) is 4.58. The van der Waals surface area contributed by atoms with Crippen molar-refractivity contribution in [2.45, 2.75) is 20.1 Å². The van der Waals surface area contributed by atoms with Crippen LogP contribution in [0.5, 0.6) is 5.75 Å². The van der Waals surface area contributed by atoms with E-state index in [-0.39, 0.29) is 0 Å². The van der Waals surface area contributed by atoms with E-state index in [9.17, 15) is 0 Å². The highest BCUT2D eigenvalue weighted by atomic mass is 79.9. The molecule has 0 bridgehead atoms. The molecule has 7 heteroatoms. The minimum absolute atomic E-state index is 0.473. The summed E-state index contributed by atoms with van der Waals surface area (Å²) in [7, 11) is 0. The van der Waals surface area contributed by atoms with Crippen LogP contribution in [-0.2, 0) is 13.2 Å². The van der Waals surface area contributed by atoms with Crippen molar-refractivity contribution in [1.82, 2.24) is 9.55 Å². The van der Waals surface area contributed by atoms with Crippen molar-refractivity contribution in [1.29, 1.82) is 0 Å². The van der Waals surface area contributed by atoms with Crippen LogP contribution in [0, 0.1) is 0 Å². The van der Waals surface area contributed by atoms with Crippen LogP contribution < -0.4 is 10.2 Å². The molecule has 0 amide bonds. The standard InChI is InChI=1S/C27H22Br2N4O/c1-2-33-25-13-6-5-12-24(25)31-27(33)32-30-16-18-14-22(28)26(23(29)15-18)34-17-20-10-7-9-19-8-3-4-11-21(19)20/h3-16H,2,17H2,1H3,(H,31,32)/b30-16-. The largest absolute Gasteiger partial charge is 0.487 e. The number of nitrogens with zero attached hydrogens (tertiary/aromatic N) is 3. The van der Waals surface area contributed by atoms with Gasteiger partial charge in [0, 0.05) is 6.54 Å². The molecule has 0 fully saturated rings. The minimum Gasteiger partial charge on any atom is -0.487 e. The van der Waals surface area contributed by atoms with Gasteiger partial charge in [-0.2, -0.15) is 5.10 Å². The quantitative estimate of drug-likeness (QED) is 0.159. The Morgan fingerprint density at radius 1 is 0.971 bits per heavy atom. The zero-order chi connectivity index (χ0) is 23.5. The third-order valence-corrected chi connectivity index (χ3v) is 6.80. The SMILES string of the molecule is CCn1c(N/N=C\c2cc(Br)c(OCc3cccc4ccccc34)c(Br)c2)nc2ccccc21. The maximum Gasteiger partial charge on any atom is 0.224 e. The minimum atomic E-state index is 0.473. The first-order chi connectivity index (χ1) is 16.6. The topological polar surface area (TPSA) is 51.4 Å². The molecule has 1 heterocycles. The van der Waals surface area contributed by atoms with Crippen LogP contribution in [0.3, 0.4) is 0 Å². The summed E-state index contributed by atoms with van der Waals surface area (Å²) in [4.78, 5) is 4.64. The summed E-state index contributed by atoms with van der Waals surface area (Å²) in [6.07, 6.45) is 1.77.